The summed E-state index contributed by atoms with van der Waals surface area (Å²) in [6.45, 7) is 0.935. The fourth-order valence-corrected chi connectivity index (χ4v) is 2.51. The lowest BCUT2D eigenvalue weighted by atomic mass is 9.92. The van der Waals surface area contributed by atoms with E-state index < -0.39 is 0 Å². The Morgan fingerprint density at radius 3 is 2.84 bits per heavy atom. The molecule has 1 aliphatic rings. The molecular weight excluding hydrogens is 241 g/mol. The van der Waals surface area contributed by atoms with Gasteiger partial charge in [0.2, 0.25) is 0 Å². The van der Waals surface area contributed by atoms with Crippen LogP contribution in [-0.4, -0.2) is 12.3 Å². The van der Waals surface area contributed by atoms with E-state index in [1.807, 2.05) is 18.2 Å². The summed E-state index contributed by atoms with van der Waals surface area (Å²) in [5.41, 5.74) is 3.14. The summed E-state index contributed by atoms with van der Waals surface area (Å²) >= 11 is 0. The number of ketones is 1. The van der Waals surface area contributed by atoms with E-state index in [0.717, 1.165) is 30.6 Å². The maximum Gasteiger partial charge on any atom is 0.193 e. The number of nitrogens with one attached hydrogen (secondary N) is 1. The minimum atomic E-state index is -0.381. The Kier molecular flexibility index (Phi) is 3.03. The van der Waals surface area contributed by atoms with Gasteiger partial charge >= 0.3 is 0 Å². The number of carbonyl (C=O) groups is 1. The van der Waals surface area contributed by atoms with Gasteiger partial charge < -0.3 is 5.32 Å². The number of rotatable bonds is 2. The molecule has 0 spiro atoms. The Morgan fingerprint density at radius 1 is 1.16 bits per heavy atom. The lowest BCUT2D eigenvalue weighted by Gasteiger charge is -2.20. The molecule has 0 aliphatic carbocycles. The summed E-state index contributed by atoms with van der Waals surface area (Å²) in [5, 5.41) is 3.29. The van der Waals surface area contributed by atoms with E-state index in [1.165, 1.54) is 12.1 Å². The molecule has 0 radical (unpaired) electrons. The lowest BCUT2D eigenvalue weighted by molar-refractivity contribution is 0.103. The first-order valence-electron chi connectivity index (χ1n) is 6.42. The van der Waals surface area contributed by atoms with Crippen molar-refractivity contribution in [1.82, 2.24) is 0 Å². The van der Waals surface area contributed by atoms with Crippen LogP contribution in [0.5, 0.6) is 0 Å². The number of anilines is 1. The maximum absolute atomic E-state index is 13.2. The van der Waals surface area contributed by atoms with Crippen LogP contribution in [-0.2, 0) is 6.42 Å². The molecule has 0 aromatic heterocycles. The van der Waals surface area contributed by atoms with Crippen molar-refractivity contribution in [2.24, 2.45) is 0 Å². The molecule has 96 valence electrons. The first kappa shape index (κ1) is 11.9. The minimum absolute atomic E-state index is 0.111. The number of hydrogen-bond donors (Lipinski definition) is 1. The third kappa shape index (κ3) is 2.24. The zero-order valence-electron chi connectivity index (χ0n) is 10.4. The quantitative estimate of drug-likeness (QED) is 0.833. The van der Waals surface area contributed by atoms with Gasteiger partial charge in [-0.3, -0.25) is 4.79 Å². The van der Waals surface area contributed by atoms with Crippen LogP contribution >= 0.6 is 0 Å². The molecule has 3 heteroatoms. The van der Waals surface area contributed by atoms with Gasteiger partial charge in [-0.25, -0.2) is 4.39 Å². The van der Waals surface area contributed by atoms with E-state index in [9.17, 15) is 9.18 Å². The Morgan fingerprint density at radius 2 is 2.00 bits per heavy atom. The van der Waals surface area contributed by atoms with Crippen LogP contribution in [0.3, 0.4) is 0 Å². The molecule has 0 fully saturated rings. The van der Waals surface area contributed by atoms with Crippen LogP contribution in [0.1, 0.15) is 27.9 Å². The summed E-state index contributed by atoms with van der Waals surface area (Å²) in [7, 11) is 0. The van der Waals surface area contributed by atoms with E-state index in [2.05, 4.69) is 5.32 Å². The molecule has 1 heterocycles. The van der Waals surface area contributed by atoms with E-state index >= 15 is 0 Å². The second-order valence-electron chi connectivity index (χ2n) is 4.70. The van der Waals surface area contributed by atoms with Gasteiger partial charge in [-0.05, 0) is 36.6 Å². The van der Waals surface area contributed by atoms with Gasteiger partial charge in [0.25, 0.3) is 0 Å². The molecule has 2 aromatic rings. The zero-order valence-corrected chi connectivity index (χ0v) is 10.4. The van der Waals surface area contributed by atoms with Crippen molar-refractivity contribution >= 4 is 11.5 Å². The summed E-state index contributed by atoms with van der Waals surface area (Å²) in [5.74, 6) is -0.492. The Balaban J connectivity index is 2.05. The molecule has 0 saturated heterocycles. The van der Waals surface area contributed by atoms with Crippen molar-refractivity contribution in [3.8, 4) is 0 Å². The molecule has 0 saturated carbocycles. The van der Waals surface area contributed by atoms with Crippen LogP contribution in [0.4, 0.5) is 10.1 Å². The second kappa shape index (κ2) is 4.84. The second-order valence-corrected chi connectivity index (χ2v) is 4.70. The van der Waals surface area contributed by atoms with Gasteiger partial charge in [0, 0.05) is 23.4 Å². The summed E-state index contributed by atoms with van der Waals surface area (Å²) in [6, 6.07) is 11.5. The van der Waals surface area contributed by atoms with Crippen LogP contribution in [0.15, 0.2) is 42.5 Å². The Bertz CT molecular complexity index is 636. The Labute approximate surface area is 111 Å². The van der Waals surface area contributed by atoms with Gasteiger partial charge in [0.1, 0.15) is 5.82 Å². The Hall–Kier alpha value is -2.16. The van der Waals surface area contributed by atoms with Crippen LogP contribution in [0, 0.1) is 5.82 Å². The number of carbonyl (C=O) groups excluding carboxylic acids is 1. The number of hydrogen-bond acceptors (Lipinski definition) is 2. The largest absolute Gasteiger partial charge is 0.385 e. The molecule has 0 amide bonds. The highest BCUT2D eigenvalue weighted by molar-refractivity contribution is 6.10. The van der Waals surface area contributed by atoms with Gasteiger partial charge in [0.15, 0.2) is 5.78 Å². The summed E-state index contributed by atoms with van der Waals surface area (Å²) in [6.07, 6.45) is 1.90. The minimum Gasteiger partial charge on any atom is -0.385 e. The molecule has 1 N–H and O–H groups in total. The van der Waals surface area contributed by atoms with Gasteiger partial charge in [-0.15, -0.1) is 0 Å². The van der Waals surface area contributed by atoms with Crippen molar-refractivity contribution < 1.29 is 9.18 Å². The number of fused-ring (bicyclic) bond motifs is 1. The number of benzene rings is 2. The summed E-state index contributed by atoms with van der Waals surface area (Å²) in [4.78, 5) is 12.5. The first-order chi connectivity index (χ1) is 9.25. The highest BCUT2D eigenvalue weighted by Crippen LogP contribution is 2.27. The molecule has 2 nitrogen and oxygen atoms in total. The number of halogens is 1. The molecule has 0 unspecified atom stereocenters. The third-order valence-corrected chi connectivity index (χ3v) is 3.43. The average molecular weight is 255 g/mol. The monoisotopic (exact) mass is 255 g/mol. The standard InChI is InChI=1S/C16H14FNO/c17-12-5-1-4-11(10-12)16(19)14-6-2-8-15-13(14)7-3-9-18-15/h1-2,4-6,8,10,18H,3,7,9H2. The third-order valence-electron chi connectivity index (χ3n) is 3.43. The van der Waals surface area contributed by atoms with Crippen LogP contribution in [0.25, 0.3) is 0 Å². The van der Waals surface area contributed by atoms with Crippen LogP contribution in [0.2, 0.25) is 0 Å². The predicted molar refractivity (Wildman–Crippen MR) is 73.1 cm³/mol. The normalized spacial score (nSPS) is 13.5. The van der Waals surface area contributed by atoms with Crippen molar-refractivity contribution in [1.29, 1.82) is 0 Å². The van der Waals surface area contributed by atoms with E-state index in [0.29, 0.717) is 11.1 Å². The highest BCUT2D eigenvalue weighted by atomic mass is 19.1. The topological polar surface area (TPSA) is 29.1 Å². The molecular formula is C16H14FNO. The van der Waals surface area contributed by atoms with E-state index in [4.69, 9.17) is 0 Å². The van der Waals surface area contributed by atoms with Crippen LogP contribution < -0.4 is 5.32 Å². The lowest BCUT2D eigenvalue weighted by Crippen LogP contribution is -2.16. The zero-order chi connectivity index (χ0) is 13.2. The first-order valence-corrected chi connectivity index (χ1v) is 6.42. The fraction of sp³-hybridized carbons (Fsp3) is 0.188. The molecule has 0 bridgehead atoms. The molecule has 3 rings (SSSR count). The van der Waals surface area contributed by atoms with E-state index in [1.54, 1.807) is 12.1 Å². The van der Waals surface area contributed by atoms with Crippen molar-refractivity contribution in [2.75, 3.05) is 11.9 Å². The van der Waals surface area contributed by atoms with Crippen molar-refractivity contribution in [3.05, 3.63) is 65.0 Å². The molecule has 19 heavy (non-hydrogen) atoms. The van der Waals surface area contributed by atoms with Gasteiger partial charge in [0.05, 0.1) is 0 Å². The van der Waals surface area contributed by atoms with Crippen molar-refractivity contribution in [2.45, 2.75) is 12.8 Å². The fourth-order valence-electron chi connectivity index (χ4n) is 2.51. The highest BCUT2D eigenvalue weighted by Gasteiger charge is 2.18. The van der Waals surface area contributed by atoms with E-state index in [-0.39, 0.29) is 11.6 Å². The predicted octanol–water partition coefficient (Wildman–Crippen LogP) is 3.41. The molecule has 0 atom stereocenters. The average Bonchev–Trinajstić information content (AvgIpc) is 2.46. The smallest absolute Gasteiger partial charge is 0.193 e. The molecule has 2 aromatic carbocycles. The van der Waals surface area contributed by atoms with Gasteiger partial charge in [-0.1, -0.05) is 24.3 Å². The molecule has 1 aliphatic heterocycles. The maximum atomic E-state index is 13.2. The van der Waals surface area contributed by atoms with Gasteiger partial charge in [-0.2, -0.15) is 0 Å². The summed E-state index contributed by atoms with van der Waals surface area (Å²) < 4.78 is 13.2. The SMILES string of the molecule is O=C(c1cccc(F)c1)c1cccc2c1CCCN2. The van der Waals surface area contributed by atoms with Crippen molar-refractivity contribution in [3.63, 3.8) is 0 Å².